The second-order valence-corrected chi connectivity index (χ2v) is 4.34. The highest BCUT2D eigenvalue weighted by atomic mass is 19.1. The first-order valence-corrected chi connectivity index (χ1v) is 5.95. The molecule has 0 saturated carbocycles. The highest BCUT2D eigenvalue weighted by molar-refractivity contribution is 5.95. The molecule has 3 nitrogen and oxygen atoms in total. The molecule has 1 atom stereocenters. The molecule has 0 aliphatic heterocycles. The Morgan fingerprint density at radius 2 is 1.89 bits per heavy atom. The number of rotatable bonds is 3. The van der Waals surface area contributed by atoms with Crippen LogP contribution < -0.4 is 11.1 Å². The van der Waals surface area contributed by atoms with Crippen LogP contribution in [-0.4, -0.2) is 5.91 Å². The van der Waals surface area contributed by atoms with Crippen LogP contribution in [0.15, 0.2) is 48.5 Å². The van der Waals surface area contributed by atoms with Crippen molar-refractivity contribution in [2.75, 3.05) is 5.32 Å². The smallest absolute Gasteiger partial charge is 0.245 e. The van der Waals surface area contributed by atoms with E-state index in [0.29, 0.717) is 11.3 Å². The third-order valence-corrected chi connectivity index (χ3v) is 2.90. The fourth-order valence-corrected chi connectivity index (χ4v) is 1.75. The van der Waals surface area contributed by atoms with E-state index in [2.05, 4.69) is 5.32 Å². The normalized spacial score (nSPS) is 11.9. The molecule has 2 aromatic rings. The van der Waals surface area contributed by atoms with E-state index < -0.39 is 11.9 Å². The molecule has 3 N–H and O–H groups in total. The van der Waals surface area contributed by atoms with E-state index in [4.69, 9.17) is 5.73 Å². The van der Waals surface area contributed by atoms with Crippen molar-refractivity contribution in [3.8, 4) is 0 Å². The predicted molar refractivity (Wildman–Crippen MR) is 73.1 cm³/mol. The molecule has 4 heteroatoms. The molecule has 2 aromatic carbocycles. The van der Waals surface area contributed by atoms with Crippen LogP contribution >= 0.6 is 0 Å². The van der Waals surface area contributed by atoms with Gasteiger partial charge in [-0.05, 0) is 30.2 Å². The van der Waals surface area contributed by atoms with Gasteiger partial charge in [-0.25, -0.2) is 4.39 Å². The van der Waals surface area contributed by atoms with Crippen LogP contribution in [0.5, 0.6) is 0 Å². The number of amides is 1. The van der Waals surface area contributed by atoms with Crippen molar-refractivity contribution < 1.29 is 9.18 Å². The largest absolute Gasteiger partial charge is 0.324 e. The van der Waals surface area contributed by atoms with Crippen LogP contribution in [0.3, 0.4) is 0 Å². The van der Waals surface area contributed by atoms with E-state index in [9.17, 15) is 9.18 Å². The first-order chi connectivity index (χ1) is 9.08. The molecule has 0 aliphatic rings. The van der Waals surface area contributed by atoms with Gasteiger partial charge in [0.25, 0.3) is 0 Å². The quantitative estimate of drug-likeness (QED) is 0.889. The van der Waals surface area contributed by atoms with Gasteiger partial charge in [0.1, 0.15) is 11.9 Å². The third-order valence-electron chi connectivity index (χ3n) is 2.90. The SMILES string of the molecule is Cc1ccc(F)cc1NC(=O)[C@H](N)c1ccccc1. The maximum Gasteiger partial charge on any atom is 0.245 e. The summed E-state index contributed by atoms with van der Waals surface area (Å²) < 4.78 is 13.1. The fourth-order valence-electron chi connectivity index (χ4n) is 1.75. The third kappa shape index (κ3) is 3.17. The van der Waals surface area contributed by atoms with E-state index in [1.54, 1.807) is 25.1 Å². The lowest BCUT2D eigenvalue weighted by atomic mass is 10.1. The van der Waals surface area contributed by atoms with Gasteiger partial charge in [0.05, 0.1) is 0 Å². The zero-order valence-corrected chi connectivity index (χ0v) is 10.6. The van der Waals surface area contributed by atoms with Crippen LogP contribution in [0.25, 0.3) is 0 Å². The number of aryl methyl sites for hydroxylation is 1. The van der Waals surface area contributed by atoms with Crippen LogP contribution in [0.2, 0.25) is 0 Å². The zero-order chi connectivity index (χ0) is 13.8. The summed E-state index contributed by atoms with van der Waals surface area (Å²) in [6.07, 6.45) is 0. The Kier molecular flexibility index (Phi) is 3.92. The molecule has 0 fully saturated rings. The molecule has 0 aromatic heterocycles. The van der Waals surface area contributed by atoms with Gasteiger partial charge in [0.2, 0.25) is 5.91 Å². The molecule has 0 radical (unpaired) electrons. The predicted octanol–water partition coefficient (Wildman–Crippen LogP) is 2.77. The van der Waals surface area contributed by atoms with Crippen LogP contribution in [0.1, 0.15) is 17.2 Å². The van der Waals surface area contributed by atoms with E-state index >= 15 is 0 Å². The summed E-state index contributed by atoms with van der Waals surface area (Å²) in [5.41, 5.74) is 7.81. The summed E-state index contributed by atoms with van der Waals surface area (Å²) in [6, 6.07) is 12.5. The van der Waals surface area contributed by atoms with Crippen LogP contribution in [0.4, 0.5) is 10.1 Å². The molecular weight excluding hydrogens is 243 g/mol. The Bertz CT molecular complexity index is 584. The lowest BCUT2D eigenvalue weighted by molar-refractivity contribution is -0.117. The lowest BCUT2D eigenvalue weighted by Gasteiger charge is -2.14. The topological polar surface area (TPSA) is 55.1 Å². The minimum Gasteiger partial charge on any atom is -0.324 e. The first-order valence-electron chi connectivity index (χ1n) is 5.95. The van der Waals surface area contributed by atoms with Crippen molar-refractivity contribution >= 4 is 11.6 Å². The van der Waals surface area contributed by atoms with Crippen molar-refractivity contribution in [1.82, 2.24) is 0 Å². The van der Waals surface area contributed by atoms with Gasteiger partial charge in [0.15, 0.2) is 0 Å². The molecule has 2 rings (SSSR count). The molecule has 0 heterocycles. The Hall–Kier alpha value is -2.20. The van der Waals surface area contributed by atoms with E-state index in [0.717, 1.165) is 5.56 Å². The van der Waals surface area contributed by atoms with Gasteiger partial charge in [-0.1, -0.05) is 36.4 Å². The highest BCUT2D eigenvalue weighted by Gasteiger charge is 2.16. The van der Waals surface area contributed by atoms with Gasteiger partial charge >= 0.3 is 0 Å². The summed E-state index contributed by atoms with van der Waals surface area (Å²) >= 11 is 0. The standard InChI is InChI=1S/C15H15FN2O/c1-10-7-8-12(16)9-13(10)18-15(19)14(17)11-5-3-2-4-6-11/h2-9,14H,17H2,1H3,(H,18,19)/t14-/m1/s1. The van der Waals surface area contributed by atoms with Crippen molar-refractivity contribution in [2.24, 2.45) is 5.73 Å². The molecule has 19 heavy (non-hydrogen) atoms. The number of benzene rings is 2. The van der Waals surface area contributed by atoms with Crippen molar-refractivity contribution in [3.05, 3.63) is 65.5 Å². The Labute approximate surface area is 111 Å². The van der Waals surface area contributed by atoms with Gasteiger partial charge < -0.3 is 11.1 Å². The molecular formula is C15H15FN2O. The first kappa shape index (κ1) is 13.2. The number of carbonyl (C=O) groups is 1. The number of hydrogen-bond acceptors (Lipinski definition) is 2. The van der Waals surface area contributed by atoms with Gasteiger partial charge in [-0.3, -0.25) is 4.79 Å². The van der Waals surface area contributed by atoms with Crippen LogP contribution in [-0.2, 0) is 4.79 Å². The maximum absolute atomic E-state index is 13.1. The monoisotopic (exact) mass is 258 g/mol. The van der Waals surface area contributed by atoms with Crippen molar-refractivity contribution in [1.29, 1.82) is 0 Å². The number of anilines is 1. The second kappa shape index (κ2) is 5.63. The average Bonchev–Trinajstić information content (AvgIpc) is 2.43. The Morgan fingerprint density at radius 1 is 1.21 bits per heavy atom. The minimum absolute atomic E-state index is 0.361. The number of nitrogens with two attached hydrogens (primary N) is 1. The fraction of sp³-hybridized carbons (Fsp3) is 0.133. The molecule has 1 amide bonds. The molecule has 0 unspecified atom stereocenters. The summed E-state index contributed by atoms with van der Waals surface area (Å²) in [5.74, 6) is -0.755. The molecule has 0 saturated heterocycles. The maximum atomic E-state index is 13.1. The lowest BCUT2D eigenvalue weighted by Crippen LogP contribution is -2.28. The summed E-state index contributed by atoms with van der Waals surface area (Å²) in [7, 11) is 0. The number of carbonyl (C=O) groups excluding carboxylic acids is 1. The molecule has 0 aliphatic carbocycles. The average molecular weight is 258 g/mol. The van der Waals surface area contributed by atoms with Crippen molar-refractivity contribution in [3.63, 3.8) is 0 Å². The van der Waals surface area contributed by atoms with Gasteiger partial charge in [-0.2, -0.15) is 0 Å². The highest BCUT2D eigenvalue weighted by Crippen LogP contribution is 2.18. The van der Waals surface area contributed by atoms with Crippen LogP contribution in [0, 0.1) is 12.7 Å². The second-order valence-electron chi connectivity index (χ2n) is 4.34. The van der Waals surface area contributed by atoms with Gasteiger partial charge in [0, 0.05) is 5.69 Å². The van der Waals surface area contributed by atoms with E-state index in [1.807, 2.05) is 18.2 Å². The Balaban J connectivity index is 2.15. The summed E-state index contributed by atoms with van der Waals surface area (Å²) in [5, 5.41) is 2.65. The van der Waals surface area contributed by atoms with Gasteiger partial charge in [-0.15, -0.1) is 0 Å². The number of nitrogens with one attached hydrogen (secondary N) is 1. The zero-order valence-electron chi connectivity index (χ0n) is 10.6. The molecule has 0 bridgehead atoms. The van der Waals surface area contributed by atoms with E-state index in [1.165, 1.54) is 12.1 Å². The summed E-state index contributed by atoms with van der Waals surface area (Å²) in [6.45, 7) is 1.79. The van der Waals surface area contributed by atoms with Crippen molar-refractivity contribution in [2.45, 2.75) is 13.0 Å². The molecule has 0 spiro atoms. The van der Waals surface area contributed by atoms with E-state index in [-0.39, 0.29) is 5.91 Å². The minimum atomic E-state index is -0.774. The Morgan fingerprint density at radius 3 is 2.58 bits per heavy atom. The number of halogens is 1. The summed E-state index contributed by atoms with van der Waals surface area (Å²) in [4.78, 5) is 12.0. The number of hydrogen-bond donors (Lipinski definition) is 2. The molecule has 98 valence electrons.